The van der Waals surface area contributed by atoms with Gasteiger partial charge < -0.3 is 19.4 Å². The standard InChI is InChI=1S/C26H22N4O3S/c1-32-25(31)19-10-3-2-9-18(19)21-12-13-22(33-21)24-23(20-11-5-7-15-28-20)29-26(34)30(24)16-17-8-4-6-14-27-17/h2-15,23-24H,16H2,1H3,(H,29,34)/t23-,24-/m0/s1. The number of carbonyl (C=O) groups excluding carboxylic acids is 1. The predicted octanol–water partition coefficient (Wildman–Crippen LogP) is 4.70. The number of furan rings is 1. The van der Waals surface area contributed by atoms with E-state index in [2.05, 4.69) is 20.2 Å². The van der Waals surface area contributed by atoms with Crippen LogP contribution >= 0.6 is 12.2 Å². The van der Waals surface area contributed by atoms with Crippen LogP contribution in [0.5, 0.6) is 0 Å². The van der Waals surface area contributed by atoms with Gasteiger partial charge in [0.1, 0.15) is 17.6 Å². The van der Waals surface area contributed by atoms with E-state index in [-0.39, 0.29) is 12.1 Å². The number of esters is 1. The molecule has 1 fully saturated rings. The van der Waals surface area contributed by atoms with Crippen molar-refractivity contribution >= 4 is 23.3 Å². The number of nitrogens with one attached hydrogen (secondary N) is 1. The van der Waals surface area contributed by atoms with E-state index in [1.165, 1.54) is 7.11 Å². The van der Waals surface area contributed by atoms with Gasteiger partial charge in [-0.05, 0) is 54.7 Å². The van der Waals surface area contributed by atoms with E-state index < -0.39 is 5.97 Å². The second-order valence-electron chi connectivity index (χ2n) is 7.81. The van der Waals surface area contributed by atoms with Gasteiger partial charge in [0.05, 0.1) is 36.6 Å². The van der Waals surface area contributed by atoms with Crippen molar-refractivity contribution in [3.05, 3.63) is 108 Å². The van der Waals surface area contributed by atoms with Gasteiger partial charge in [0.25, 0.3) is 0 Å². The molecule has 8 heteroatoms. The molecule has 1 aliphatic heterocycles. The maximum Gasteiger partial charge on any atom is 0.338 e. The highest BCUT2D eigenvalue weighted by atomic mass is 32.1. The molecule has 1 aliphatic rings. The van der Waals surface area contributed by atoms with Crippen LogP contribution in [0.25, 0.3) is 11.3 Å². The number of nitrogens with zero attached hydrogens (tertiary/aromatic N) is 3. The molecular formula is C26H22N4O3S. The van der Waals surface area contributed by atoms with Crippen LogP contribution in [0.15, 0.2) is 89.6 Å². The normalized spacial score (nSPS) is 17.4. The number of ether oxygens (including phenoxy) is 1. The molecule has 0 unspecified atom stereocenters. The minimum Gasteiger partial charge on any atom is -0.465 e. The smallest absolute Gasteiger partial charge is 0.338 e. The number of hydrogen-bond donors (Lipinski definition) is 1. The van der Waals surface area contributed by atoms with Crippen LogP contribution in [0.4, 0.5) is 0 Å². The molecule has 0 saturated carbocycles. The summed E-state index contributed by atoms with van der Waals surface area (Å²) in [5.74, 6) is 0.861. The fraction of sp³-hybridized carbons (Fsp3) is 0.154. The average Bonchev–Trinajstić information content (AvgIpc) is 3.49. The Bertz CT molecular complexity index is 1310. The first-order valence-corrected chi connectivity index (χ1v) is 11.2. The molecular weight excluding hydrogens is 448 g/mol. The van der Waals surface area contributed by atoms with Crippen molar-refractivity contribution in [1.82, 2.24) is 20.2 Å². The molecule has 4 aromatic rings. The fourth-order valence-electron chi connectivity index (χ4n) is 4.19. The second-order valence-corrected chi connectivity index (χ2v) is 8.20. The summed E-state index contributed by atoms with van der Waals surface area (Å²) in [7, 11) is 1.37. The lowest BCUT2D eigenvalue weighted by Gasteiger charge is -2.25. The third kappa shape index (κ3) is 4.15. The quantitative estimate of drug-likeness (QED) is 0.321. The number of methoxy groups -OCH3 is 1. The molecule has 2 atom stereocenters. The number of pyridine rings is 2. The molecule has 4 heterocycles. The van der Waals surface area contributed by atoms with E-state index in [1.807, 2.05) is 60.7 Å². The van der Waals surface area contributed by atoms with Gasteiger partial charge in [0.15, 0.2) is 5.11 Å². The van der Waals surface area contributed by atoms with Gasteiger partial charge >= 0.3 is 5.97 Å². The summed E-state index contributed by atoms with van der Waals surface area (Å²) in [4.78, 5) is 23.4. The molecule has 1 N–H and O–H groups in total. The molecule has 0 aliphatic carbocycles. The van der Waals surface area contributed by atoms with Crippen LogP contribution in [-0.4, -0.2) is 33.1 Å². The van der Waals surface area contributed by atoms with Gasteiger partial charge in [0.2, 0.25) is 0 Å². The summed E-state index contributed by atoms with van der Waals surface area (Å²) in [6.07, 6.45) is 3.53. The Kier molecular flexibility index (Phi) is 6.05. The van der Waals surface area contributed by atoms with Gasteiger partial charge in [-0.3, -0.25) is 9.97 Å². The van der Waals surface area contributed by atoms with E-state index in [0.717, 1.165) is 11.4 Å². The molecule has 3 aromatic heterocycles. The number of benzene rings is 1. The first kappa shape index (κ1) is 21.8. The first-order valence-electron chi connectivity index (χ1n) is 10.8. The number of rotatable bonds is 6. The van der Waals surface area contributed by atoms with Gasteiger partial charge in [-0.25, -0.2) is 4.79 Å². The van der Waals surface area contributed by atoms with E-state index in [0.29, 0.717) is 34.3 Å². The van der Waals surface area contributed by atoms with Gasteiger partial charge in [-0.15, -0.1) is 0 Å². The molecule has 0 bridgehead atoms. The number of aromatic nitrogens is 2. The lowest BCUT2D eigenvalue weighted by molar-refractivity contribution is 0.0601. The van der Waals surface area contributed by atoms with Crippen molar-refractivity contribution in [3.63, 3.8) is 0 Å². The molecule has 1 aromatic carbocycles. The summed E-state index contributed by atoms with van der Waals surface area (Å²) >= 11 is 5.72. The lowest BCUT2D eigenvalue weighted by atomic mass is 10.0. The zero-order chi connectivity index (χ0) is 23.5. The van der Waals surface area contributed by atoms with Crippen LogP contribution in [0.2, 0.25) is 0 Å². The number of hydrogen-bond acceptors (Lipinski definition) is 6. The summed E-state index contributed by atoms with van der Waals surface area (Å²) < 4.78 is 11.3. The Labute approximate surface area is 202 Å². The van der Waals surface area contributed by atoms with Crippen molar-refractivity contribution in [2.24, 2.45) is 0 Å². The Hall–Kier alpha value is -4.04. The molecule has 0 spiro atoms. The summed E-state index contributed by atoms with van der Waals surface area (Å²) in [5, 5.41) is 4.01. The Morgan fingerprint density at radius 2 is 1.79 bits per heavy atom. The lowest BCUT2D eigenvalue weighted by Crippen LogP contribution is -2.29. The molecule has 0 radical (unpaired) electrons. The topological polar surface area (TPSA) is 80.5 Å². The van der Waals surface area contributed by atoms with Gasteiger partial charge in [-0.1, -0.05) is 30.3 Å². The average molecular weight is 471 g/mol. The van der Waals surface area contributed by atoms with E-state index in [1.54, 1.807) is 24.5 Å². The van der Waals surface area contributed by atoms with E-state index in [9.17, 15) is 4.79 Å². The SMILES string of the molecule is COC(=O)c1ccccc1-c1ccc([C@H]2[C@H](c3ccccn3)NC(=S)N2Cc2ccccn2)o1. The molecule has 0 amide bonds. The van der Waals surface area contributed by atoms with Crippen molar-refractivity contribution < 1.29 is 13.9 Å². The second kappa shape index (κ2) is 9.44. The minimum atomic E-state index is -0.416. The minimum absolute atomic E-state index is 0.215. The van der Waals surface area contributed by atoms with Crippen LogP contribution < -0.4 is 5.32 Å². The highest BCUT2D eigenvalue weighted by molar-refractivity contribution is 7.80. The Morgan fingerprint density at radius 3 is 2.53 bits per heavy atom. The highest BCUT2D eigenvalue weighted by Gasteiger charge is 2.42. The molecule has 1 saturated heterocycles. The van der Waals surface area contributed by atoms with Crippen LogP contribution in [0.1, 0.15) is 39.6 Å². The third-order valence-electron chi connectivity index (χ3n) is 5.77. The molecule has 7 nitrogen and oxygen atoms in total. The van der Waals surface area contributed by atoms with Crippen molar-refractivity contribution in [2.45, 2.75) is 18.6 Å². The zero-order valence-electron chi connectivity index (χ0n) is 18.4. The maximum absolute atomic E-state index is 12.3. The number of thiocarbonyl (C=S) groups is 1. The molecule has 5 rings (SSSR count). The van der Waals surface area contributed by atoms with Crippen LogP contribution in [0, 0.1) is 0 Å². The largest absolute Gasteiger partial charge is 0.465 e. The van der Waals surface area contributed by atoms with Crippen LogP contribution in [-0.2, 0) is 11.3 Å². The number of carbonyl (C=O) groups is 1. The molecule has 34 heavy (non-hydrogen) atoms. The van der Waals surface area contributed by atoms with Crippen molar-refractivity contribution in [3.8, 4) is 11.3 Å². The Balaban J connectivity index is 1.55. The highest BCUT2D eigenvalue weighted by Crippen LogP contribution is 2.41. The zero-order valence-corrected chi connectivity index (χ0v) is 19.2. The van der Waals surface area contributed by atoms with Gasteiger partial charge in [0, 0.05) is 18.0 Å². The van der Waals surface area contributed by atoms with Crippen molar-refractivity contribution in [2.75, 3.05) is 7.11 Å². The monoisotopic (exact) mass is 470 g/mol. The van der Waals surface area contributed by atoms with E-state index in [4.69, 9.17) is 21.4 Å². The summed E-state index contributed by atoms with van der Waals surface area (Å²) in [5.41, 5.74) is 2.85. The van der Waals surface area contributed by atoms with Crippen molar-refractivity contribution in [1.29, 1.82) is 0 Å². The fourth-order valence-corrected chi connectivity index (χ4v) is 4.50. The van der Waals surface area contributed by atoms with E-state index >= 15 is 0 Å². The summed E-state index contributed by atoms with van der Waals surface area (Å²) in [6, 6.07) is 22.1. The first-order chi connectivity index (χ1) is 16.7. The maximum atomic E-state index is 12.3. The predicted molar refractivity (Wildman–Crippen MR) is 131 cm³/mol. The third-order valence-corrected chi connectivity index (χ3v) is 6.12. The van der Waals surface area contributed by atoms with Gasteiger partial charge in [-0.2, -0.15) is 0 Å². The Morgan fingerprint density at radius 1 is 1.03 bits per heavy atom. The van der Waals surface area contributed by atoms with Crippen LogP contribution in [0.3, 0.4) is 0 Å². The summed E-state index contributed by atoms with van der Waals surface area (Å²) in [6.45, 7) is 0.509. The molecule has 170 valence electrons.